The summed E-state index contributed by atoms with van der Waals surface area (Å²) in [5.41, 5.74) is 1.35. The minimum absolute atomic E-state index is 0.266. The van der Waals surface area contributed by atoms with Crippen molar-refractivity contribution < 1.29 is 19.4 Å². The van der Waals surface area contributed by atoms with E-state index in [1.165, 1.54) is 0 Å². The first-order valence-electron chi connectivity index (χ1n) is 9.33. The lowest BCUT2D eigenvalue weighted by atomic mass is 9.96. The van der Waals surface area contributed by atoms with Crippen molar-refractivity contribution in [1.29, 1.82) is 0 Å². The molecule has 0 aliphatic carbocycles. The van der Waals surface area contributed by atoms with Crippen LogP contribution in [0.15, 0.2) is 0 Å². The Morgan fingerprint density at radius 1 is 1.00 bits per heavy atom. The van der Waals surface area contributed by atoms with Crippen LogP contribution in [0.1, 0.15) is 67.7 Å². The van der Waals surface area contributed by atoms with Crippen molar-refractivity contribution in [2.75, 3.05) is 6.61 Å². The normalized spacial score (nSPS) is 29.7. The summed E-state index contributed by atoms with van der Waals surface area (Å²) in [6.45, 7) is 15.8. The molecule has 1 rings (SSSR count). The molecule has 0 bridgehead atoms. The first-order chi connectivity index (χ1) is 10.7. The molecular weight excluding hydrogens is 308 g/mol. The zero-order valence-electron chi connectivity index (χ0n) is 16.1. The lowest BCUT2D eigenvalue weighted by molar-refractivity contribution is -0.184. The van der Waals surface area contributed by atoms with E-state index in [0.717, 1.165) is 19.3 Å². The van der Waals surface area contributed by atoms with Crippen molar-refractivity contribution >= 4 is 8.32 Å². The van der Waals surface area contributed by atoms with Gasteiger partial charge in [0.25, 0.3) is 0 Å². The smallest absolute Gasteiger partial charge is 0.201 e. The number of hydrogen-bond acceptors (Lipinski definition) is 4. The highest BCUT2D eigenvalue weighted by atomic mass is 28.4. The van der Waals surface area contributed by atoms with Crippen molar-refractivity contribution in [2.24, 2.45) is 0 Å². The van der Waals surface area contributed by atoms with Crippen LogP contribution in [0.25, 0.3) is 0 Å². The predicted octanol–water partition coefficient (Wildman–Crippen LogP) is 3.86. The van der Waals surface area contributed by atoms with Gasteiger partial charge in [0, 0.05) is 0 Å². The number of rotatable bonds is 8. The Hall–Kier alpha value is 0.0569. The van der Waals surface area contributed by atoms with E-state index in [1.54, 1.807) is 0 Å². The number of ether oxygens (including phenoxy) is 1. The third-order valence-electron chi connectivity index (χ3n) is 5.49. The van der Waals surface area contributed by atoms with E-state index in [2.05, 4.69) is 48.5 Å². The van der Waals surface area contributed by atoms with Gasteiger partial charge < -0.3 is 19.4 Å². The molecule has 0 aromatic rings. The largest absolute Gasteiger partial charge is 0.408 e. The molecule has 4 nitrogen and oxygen atoms in total. The minimum Gasteiger partial charge on any atom is -0.408 e. The van der Waals surface area contributed by atoms with Gasteiger partial charge in [-0.05, 0) is 23.0 Å². The zero-order valence-corrected chi connectivity index (χ0v) is 17.1. The third kappa shape index (κ3) is 4.57. The Morgan fingerprint density at radius 3 is 1.96 bits per heavy atom. The maximum atomic E-state index is 10.6. The molecule has 1 fully saturated rings. The van der Waals surface area contributed by atoms with E-state index in [4.69, 9.17) is 9.16 Å². The molecule has 4 atom stereocenters. The Kier molecular flexibility index (Phi) is 8.21. The maximum absolute atomic E-state index is 10.6. The van der Waals surface area contributed by atoms with E-state index in [1.807, 2.05) is 0 Å². The van der Waals surface area contributed by atoms with E-state index >= 15 is 0 Å². The van der Waals surface area contributed by atoms with Gasteiger partial charge in [0.1, 0.15) is 12.2 Å². The lowest BCUT2D eigenvalue weighted by Gasteiger charge is -2.48. The Balaban J connectivity index is 2.86. The molecule has 0 aromatic carbocycles. The minimum atomic E-state index is -2.08. The van der Waals surface area contributed by atoms with Crippen molar-refractivity contribution in [3.63, 3.8) is 0 Å². The van der Waals surface area contributed by atoms with E-state index in [-0.39, 0.29) is 6.10 Å². The molecule has 0 saturated carbocycles. The topological polar surface area (TPSA) is 58.9 Å². The van der Waals surface area contributed by atoms with Crippen molar-refractivity contribution in [1.82, 2.24) is 0 Å². The summed E-state index contributed by atoms with van der Waals surface area (Å²) in [5, 5.41) is 21.0. The molecule has 1 aliphatic heterocycles. The third-order valence-corrected chi connectivity index (χ3v) is 11.6. The number of aliphatic hydroxyl groups is 2. The summed E-state index contributed by atoms with van der Waals surface area (Å²) in [5.74, 6) is 0. The monoisotopic (exact) mass is 346 g/mol. The SMILES string of the molecule is CCCC[C@@H]1OC[C@@H](O[Si](C(C)C)(C(C)C)C(C)C)[C@H](O)[C@@H]1O. The van der Waals surface area contributed by atoms with Gasteiger partial charge in [0.15, 0.2) is 0 Å². The quantitative estimate of drug-likeness (QED) is 0.655. The summed E-state index contributed by atoms with van der Waals surface area (Å²) in [6, 6.07) is 0. The van der Waals surface area contributed by atoms with Crippen LogP contribution in [-0.2, 0) is 9.16 Å². The van der Waals surface area contributed by atoms with Crippen LogP contribution in [0.3, 0.4) is 0 Å². The summed E-state index contributed by atoms with van der Waals surface area (Å²) in [7, 11) is -2.08. The highest BCUT2D eigenvalue weighted by Gasteiger charge is 2.49. The first-order valence-corrected chi connectivity index (χ1v) is 11.5. The van der Waals surface area contributed by atoms with Crippen LogP contribution in [0.2, 0.25) is 16.6 Å². The van der Waals surface area contributed by atoms with E-state index in [0.29, 0.717) is 23.2 Å². The van der Waals surface area contributed by atoms with Gasteiger partial charge >= 0.3 is 0 Å². The molecule has 2 N–H and O–H groups in total. The fourth-order valence-corrected chi connectivity index (χ4v) is 9.84. The molecule has 0 amide bonds. The molecule has 23 heavy (non-hydrogen) atoms. The van der Waals surface area contributed by atoms with Crippen LogP contribution in [0, 0.1) is 0 Å². The highest BCUT2D eigenvalue weighted by molar-refractivity contribution is 6.77. The second-order valence-corrected chi connectivity index (χ2v) is 13.4. The molecule has 0 spiro atoms. The first kappa shape index (κ1) is 21.1. The van der Waals surface area contributed by atoms with Gasteiger partial charge in [0.2, 0.25) is 8.32 Å². The molecule has 1 aliphatic rings. The second-order valence-electron chi connectivity index (χ2n) is 7.97. The van der Waals surface area contributed by atoms with E-state index in [9.17, 15) is 10.2 Å². The Labute approximate surface area is 143 Å². The number of aliphatic hydroxyl groups excluding tert-OH is 2. The van der Waals surface area contributed by atoms with Crippen molar-refractivity contribution in [2.45, 2.75) is 109 Å². The van der Waals surface area contributed by atoms with Gasteiger partial charge in [-0.25, -0.2) is 0 Å². The Morgan fingerprint density at radius 2 is 1.52 bits per heavy atom. The molecule has 5 heteroatoms. The summed E-state index contributed by atoms with van der Waals surface area (Å²) < 4.78 is 12.5. The van der Waals surface area contributed by atoms with Gasteiger partial charge in [-0.1, -0.05) is 61.3 Å². The fraction of sp³-hybridized carbons (Fsp3) is 1.00. The average molecular weight is 347 g/mol. The van der Waals surface area contributed by atoms with Gasteiger partial charge in [-0.15, -0.1) is 0 Å². The van der Waals surface area contributed by atoms with E-state index < -0.39 is 26.6 Å². The zero-order chi connectivity index (χ0) is 17.8. The highest BCUT2D eigenvalue weighted by Crippen LogP contribution is 2.44. The number of unbranched alkanes of at least 4 members (excludes halogenated alkanes) is 1. The molecule has 0 unspecified atom stereocenters. The lowest BCUT2D eigenvalue weighted by Crippen LogP contribution is -2.59. The second kappa shape index (κ2) is 8.95. The van der Waals surface area contributed by atoms with Gasteiger partial charge in [0.05, 0.1) is 18.8 Å². The molecular formula is C18H38O4Si. The van der Waals surface area contributed by atoms with Crippen molar-refractivity contribution in [3.05, 3.63) is 0 Å². The summed E-state index contributed by atoms with van der Waals surface area (Å²) in [6.07, 6.45) is 0.477. The summed E-state index contributed by atoms with van der Waals surface area (Å²) in [4.78, 5) is 0. The standard InChI is InChI=1S/C18H38O4Si/c1-8-9-10-15-17(19)18(20)16(11-21-15)22-23(12(2)3,13(4)5)14(6)7/h12-20H,8-11H2,1-7H3/t15-,16+,17+,18-/m0/s1. The number of hydrogen-bond donors (Lipinski definition) is 2. The van der Waals surface area contributed by atoms with Crippen LogP contribution in [0.5, 0.6) is 0 Å². The van der Waals surface area contributed by atoms with Gasteiger partial charge in [-0.3, -0.25) is 0 Å². The van der Waals surface area contributed by atoms with Crippen LogP contribution < -0.4 is 0 Å². The van der Waals surface area contributed by atoms with Crippen molar-refractivity contribution in [3.8, 4) is 0 Å². The molecule has 138 valence electrons. The molecule has 1 heterocycles. The predicted molar refractivity (Wildman–Crippen MR) is 97.2 cm³/mol. The molecule has 0 aromatic heterocycles. The van der Waals surface area contributed by atoms with Gasteiger partial charge in [-0.2, -0.15) is 0 Å². The van der Waals surface area contributed by atoms with Crippen LogP contribution in [-0.4, -0.2) is 49.6 Å². The Bertz CT molecular complexity index is 324. The van der Waals surface area contributed by atoms with Crippen LogP contribution in [0.4, 0.5) is 0 Å². The maximum Gasteiger partial charge on any atom is 0.201 e. The average Bonchev–Trinajstić information content (AvgIpc) is 2.46. The summed E-state index contributed by atoms with van der Waals surface area (Å²) >= 11 is 0. The van der Waals surface area contributed by atoms with Crippen LogP contribution >= 0.6 is 0 Å². The molecule has 1 saturated heterocycles. The fourth-order valence-electron chi connectivity index (χ4n) is 4.29. The molecule has 0 radical (unpaired) electrons.